The van der Waals surface area contributed by atoms with Gasteiger partial charge < -0.3 is 15.8 Å². The number of ether oxygens (including phenoxy) is 1. The molecule has 6 nitrogen and oxygen atoms in total. The standard InChI is InChI=1S/C18H18N2O4S/c1-11(18(19)22)20-16(21)10-25(23)17-12-6-2-4-8-14(12)24-15-9-5-3-7-13(15)17/h2-9,11,17H,10H2,1H3,(H2,19,22)(H,20,21)/t11-,25?/m0/s1. The molecule has 2 atom stereocenters. The van der Waals surface area contributed by atoms with Crippen molar-refractivity contribution in [3.05, 3.63) is 59.7 Å². The Hall–Kier alpha value is -2.67. The zero-order chi connectivity index (χ0) is 18.0. The smallest absolute Gasteiger partial charge is 0.239 e. The number of benzene rings is 2. The molecule has 3 N–H and O–H groups in total. The summed E-state index contributed by atoms with van der Waals surface area (Å²) in [5.41, 5.74) is 6.69. The Morgan fingerprint density at radius 3 is 2.16 bits per heavy atom. The average molecular weight is 358 g/mol. The van der Waals surface area contributed by atoms with Crippen LogP contribution in [0.4, 0.5) is 0 Å². The highest BCUT2D eigenvalue weighted by atomic mass is 32.2. The van der Waals surface area contributed by atoms with Gasteiger partial charge in [0.05, 0.1) is 5.25 Å². The van der Waals surface area contributed by atoms with E-state index in [1.807, 2.05) is 48.5 Å². The van der Waals surface area contributed by atoms with Crippen LogP contribution in [0.3, 0.4) is 0 Å². The molecule has 1 aliphatic heterocycles. The van der Waals surface area contributed by atoms with Crippen molar-refractivity contribution in [2.45, 2.75) is 18.2 Å². The predicted molar refractivity (Wildman–Crippen MR) is 94.6 cm³/mol. The summed E-state index contributed by atoms with van der Waals surface area (Å²) in [6, 6.07) is 13.9. The van der Waals surface area contributed by atoms with E-state index in [1.54, 1.807) is 0 Å². The maximum atomic E-state index is 13.0. The molecule has 7 heteroatoms. The van der Waals surface area contributed by atoms with Crippen LogP contribution in [0.25, 0.3) is 0 Å². The number of hydrogen-bond acceptors (Lipinski definition) is 4. The monoisotopic (exact) mass is 358 g/mol. The van der Waals surface area contributed by atoms with Gasteiger partial charge >= 0.3 is 0 Å². The maximum Gasteiger partial charge on any atom is 0.239 e. The Labute approximate surface area is 147 Å². The molecule has 2 amide bonds. The van der Waals surface area contributed by atoms with Gasteiger partial charge in [-0.25, -0.2) is 0 Å². The fourth-order valence-electron chi connectivity index (χ4n) is 2.72. The summed E-state index contributed by atoms with van der Waals surface area (Å²) >= 11 is 0. The normalized spacial score (nSPS) is 15.2. The van der Waals surface area contributed by atoms with Crippen molar-refractivity contribution in [2.75, 3.05) is 5.75 Å². The van der Waals surface area contributed by atoms with Crippen molar-refractivity contribution in [1.29, 1.82) is 0 Å². The molecule has 25 heavy (non-hydrogen) atoms. The van der Waals surface area contributed by atoms with Crippen molar-refractivity contribution >= 4 is 22.6 Å². The van der Waals surface area contributed by atoms with E-state index in [1.165, 1.54) is 6.92 Å². The number of carbonyl (C=O) groups is 2. The molecule has 3 rings (SSSR count). The molecule has 0 aromatic heterocycles. The van der Waals surface area contributed by atoms with E-state index in [0.29, 0.717) is 11.5 Å². The van der Waals surface area contributed by atoms with Crippen LogP contribution < -0.4 is 15.8 Å². The van der Waals surface area contributed by atoms with Gasteiger partial charge in [0.2, 0.25) is 11.8 Å². The molecule has 1 aliphatic rings. The first kappa shape index (κ1) is 17.2. The summed E-state index contributed by atoms with van der Waals surface area (Å²) in [4.78, 5) is 23.2. The lowest BCUT2D eigenvalue weighted by Gasteiger charge is -2.27. The number of amides is 2. The van der Waals surface area contributed by atoms with Crippen LogP contribution in [0.2, 0.25) is 0 Å². The summed E-state index contributed by atoms with van der Waals surface area (Å²) in [6.07, 6.45) is 0. The topological polar surface area (TPSA) is 98.5 Å². The first-order chi connectivity index (χ1) is 12.0. The van der Waals surface area contributed by atoms with Crippen LogP contribution in [0, 0.1) is 0 Å². The van der Waals surface area contributed by atoms with Gasteiger partial charge in [-0.15, -0.1) is 0 Å². The van der Waals surface area contributed by atoms with Gasteiger partial charge in [-0.1, -0.05) is 36.4 Å². The summed E-state index contributed by atoms with van der Waals surface area (Å²) in [6.45, 7) is 1.49. The number of hydrogen-bond donors (Lipinski definition) is 2. The van der Waals surface area contributed by atoms with Crippen molar-refractivity contribution in [3.63, 3.8) is 0 Å². The lowest BCUT2D eigenvalue weighted by atomic mass is 10.00. The van der Waals surface area contributed by atoms with Crippen LogP contribution in [0.5, 0.6) is 11.5 Å². The molecule has 130 valence electrons. The molecule has 0 saturated carbocycles. The minimum atomic E-state index is -1.53. The summed E-state index contributed by atoms with van der Waals surface area (Å²) in [5.74, 6) is -0.0896. The molecule has 2 aromatic carbocycles. The van der Waals surface area contributed by atoms with Gasteiger partial charge in [0, 0.05) is 21.9 Å². The highest BCUT2D eigenvalue weighted by Crippen LogP contribution is 2.45. The maximum absolute atomic E-state index is 13.0. The van der Waals surface area contributed by atoms with E-state index in [4.69, 9.17) is 10.5 Å². The minimum absolute atomic E-state index is 0.231. The van der Waals surface area contributed by atoms with E-state index >= 15 is 0 Å². The molecule has 0 radical (unpaired) electrons. The molecule has 1 unspecified atom stereocenters. The van der Waals surface area contributed by atoms with Crippen LogP contribution >= 0.6 is 0 Å². The molecule has 0 bridgehead atoms. The van der Waals surface area contributed by atoms with Gasteiger partial charge in [0.15, 0.2) is 0 Å². The highest BCUT2D eigenvalue weighted by Gasteiger charge is 2.32. The van der Waals surface area contributed by atoms with Gasteiger partial charge in [0.1, 0.15) is 23.3 Å². The number of fused-ring (bicyclic) bond motifs is 2. The first-order valence-electron chi connectivity index (χ1n) is 7.79. The third kappa shape index (κ3) is 3.56. The third-order valence-electron chi connectivity index (χ3n) is 3.96. The van der Waals surface area contributed by atoms with Crippen molar-refractivity contribution < 1.29 is 18.5 Å². The van der Waals surface area contributed by atoms with E-state index in [0.717, 1.165) is 11.1 Å². The molecule has 0 saturated heterocycles. The largest absolute Gasteiger partial charge is 0.457 e. The molecule has 0 fully saturated rings. The van der Waals surface area contributed by atoms with E-state index < -0.39 is 33.9 Å². The molecule has 2 aromatic rings. The van der Waals surface area contributed by atoms with Crippen LogP contribution in [0.1, 0.15) is 23.3 Å². The van der Waals surface area contributed by atoms with Crippen LogP contribution in [-0.4, -0.2) is 27.8 Å². The fraction of sp³-hybridized carbons (Fsp3) is 0.222. The second-order valence-corrected chi connectivity index (χ2v) is 7.30. The highest BCUT2D eigenvalue weighted by molar-refractivity contribution is 7.86. The number of nitrogens with one attached hydrogen (secondary N) is 1. The number of carbonyl (C=O) groups excluding carboxylic acids is 2. The van der Waals surface area contributed by atoms with Gasteiger partial charge in [-0.2, -0.15) is 0 Å². The van der Waals surface area contributed by atoms with Gasteiger partial charge in [-0.05, 0) is 19.1 Å². The second-order valence-electron chi connectivity index (χ2n) is 5.77. The lowest BCUT2D eigenvalue weighted by molar-refractivity contribution is -0.125. The quantitative estimate of drug-likeness (QED) is 0.848. The Balaban J connectivity index is 1.87. The SMILES string of the molecule is C[C@H](NC(=O)CS(=O)C1c2ccccc2Oc2ccccc21)C(N)=O. The number of nitrogens with two attached hydrogens (primary N) is 1. The Morgan fingerprint density at radius 2 is 1.64 bits per heavy atom. The summed E-state index contributed by atoms with van der Waals surface area (Å²) in [5, 5.41) is 1.98. The van der Waals surface area contributed by atoms with E-state index in [-0.39, 0.29) is 5.75 Å². The second kappa shape index (κ2) is 7.06. The van der Waals surface area contributed by atoms with E-state index in [2.05, 4.69) is 5.32 Å². The summed E-state index contributed by atoms with van der Waals surface area (Å²) in [7, 11) is -1.53. The van der Waals surface area contributed by atoms with Crippen molar-refractivity contribution in [2.24, 2.45) is 5.73 Å². The molecular formula is C18H18N2O4S. The molecular weight excluding hydrogens is 340 g/mol. The lowest BCUT2D eigenvalue weighted by Crippen LogP contribution is -2.44. The molecule has 1 heterocycles. The van der Waals surface area contributed by atoms with Gasteiger partial charge in [-0.3, -0.25) is 13.8 Å². The summed E-state index contributed by atoms with van der Waals surface area (Å²) < 4.78 is 18.8. The Kier molecular flexibility index (Phi) is 4.85. The number of rotatable bonds is 5. The van der Waals surface area contributed by atoms with Crippen LogP contribution in [0.15, 0.2) is 48.5 Å². The zero-order valence-electron chi connectivity index (χ0n) is 13.6. The van der Waals surface area contributed by atoms with E-state index in [9.17, 15) is 13.8 Å². The molecule has 0 spiro atoms. The Bertz CT molecular complexity index is 807. The molecule has 0 aliphatic carbocycles. The van der Waals surface area contributed by atoms with Gasteiger partial charge in [0.25, 0.3) is 0 Å². The average Bonchev–Trinajstić information content (AvgIpc) is 2.59. The fourth-order valence-corrected chi connectivity index (χ4v) is 4.18. The third-order valence-corrected chi connectivity index (χ3v) is 5.54. The minimum Gasteiger partial charge on any atom is -0.457 e. The first-order valence-corrected chi connectivity index (χ1v) is 9.17. The number of primary amides is 1. The van der Waals surface area contributed by atoms with Crippen LogP contribution in [-0.2, 0) is 20.4 Å². The van der Waals surface area contributed by atoms with Crippen molar-refractivity contribution in [3.8, 4) is 11.5 Å². The zero-order valence-corrected chi connectivity index (χ0v) is 14.4. The number of para-hydroxylation sites is 2. The van der Waals surface area contributed by atoms with Crippen molar-refractivity contribution in [1.82, 2.24) is 5.32 Å². The Morgan fingerprint density at radius 1 is 1.12 bits per heavy atom. The predicted octanol–water partition coefficient (Wildman–Crippen LogP) is 1.62.